The summed E-state index contributed by atoms with van der Waals surface area (Å²) >= 11 is 0. The maximum Gasteiger partial charge on any atom is 0.227 e. The van der Waals surface area contributed by atoms with Gasteiger partial charge in [0, 0.05) is 6.54 Å². The Morgan fingerprint density at radius 3 is 2.80 bits per heavy atom. The second-order valence-corrected chi connectivity index (χ2v) is 4.23. The van der Waals surface area contributed by atoms with E-state index < -0.39 is 11.6 Å². The molecule has 2 aromatic rings. The Labute approximate surface area is 115 Å². The molecule has 1 heterocycles. The molecular formula is C14H15F2N3O. The van der Waals surface area contributed by atoms with Gasteiger partial charge in [-0.1, -0.05) is 13.0 Å². The summed E-state index contributed by atoms with van der Waals surface area (Å²) in [5.41, 5.74) is 0.643. The molecule has 2 rings (SSSR count). The van der Waals surface area contributed by atoms with Crippen LogP contribution in [0.4, 0.5) is 14.6 Å². The highest BCUT2D eigenvalue weighted by molar-refractivity contribution is 5.48. The molecule has 0 unspecified atom stereocenters. The Morgan fingerprint density at radius 2 is 2.05 bits per heavy atom. The zero-order valence-electron chi connectivity index (χ0n) is 11.3. The molecule has 4 nitrogen and oxygen atoms in total. The topological polar surface area (TPSA) is 47.0 Å². The van der Waals surface area contributed by atoms with Gasteiger partial charge in [-0.15, -0.1) is 0 Å². The molecule has 0 saturated carbocycles. The molecule has 0 amide bonds. The van der Waals surface area contributed by atoms with Gasteiger partial charge in [-0.3, -0.25) is 0 Å². The number of anilines is 1. The van der Waals surface area contributed by atoms with E-state index in [9.17, 15) is 8.78 Å². The molecule has 0 saturated heterocycles. The Bertz CT molecular complexity index is 605. The lowest BCUT2D eigenvalue weighted by Crippen LogP contribution is -2.06. The molecule has 1 aromatic heterocycles. The third-order valence-electron chi connectivity index (χ3n) is 2.70. The summed E-state index contributed by atoms with van der Waals surface area (Å²) in [6, 6.07) is 3.75. The molecule has 0 aliphatic heterocycles. The summed E-state index contributed by atoms with van der Waals surface area (Å²) in [6.07, 6.45) is 2.26. The molecule has 0 atom stereocenters. The van der Waals surface area contributed by atoms with Crippen molar-refractivity contribution in [3.63, 3.8) is 0 Å². The third-order valence-corrected chi connectivity index (χ3v) is 2.70. The highest BCUT2D eigenvalue weighted by atomic mass is 19.2. The van der Waals surface area contributed by atoms with Crippen LogP contribution in [0.3, 0.4) is 0 Å². The molecule has 0 spiro atoms. The van der Waals surface area contributed by atoms with Crippen LogP contribution in [-0.4, -0.2) is 16.5 Å². The zero-order valence-corrected chi connectivity index (χ0v) is 11.3. The summed E-state index contributed by atoms with van der Waals surface area (Å²) in [5.74, 6) is -1.38. The van der Waals surface area contributed by atoms with E-state index in [0.29, 0.717) is 11.4 Å². The Hall–Kier alpha value is -2.24. The lowest BCUT2D eigenvalue weighted by Gasteiger charge is -2.12. The van der Waals surface area contributed by atoms with Gasteiger partial charge in [-0.25, -0.2) is 14.4 Å². The number of nitrogens with one attached hydrogen (secondary N) is 1. The first-order valence-electron chi connectivity index (χ1n) is 6.30. The smallest absolute Gasteiger partial charge is 0.227 e. The van der Waals surface area contributed by atoms with Gasteiger partial charge in [-0.05, 0) is 25.5 Å². The monoisotopic (exact) mass is 279 g/mol. The van der Waals surface area contributed by atoms with Crippen LogP contribution in [0.5, 0.6) is 11.6 Å². The Balaban J connectivity index is 2.27. The van der Waals surface area contributed by atoms with Crippen molar-refractivity contribution in [2.75, 3.05) is 11.9 Å². The van der Waals surface area contributed by atoms with E-state index in [1.54, 1.807) is 6.92 Å². The van der Waals surface area contributed by atoms with Crippen LogP contribution in [0, 0.1) is 18.6 Å². The number of hydrogen-bond donors (Lipinski definition) is 1. The van der Waals surface area contributed by atoms with Crippen LogP contribution < -0.4 is 10.1 Å². The lowest BCUT2D eigenvalue weighted by molar-refractivity contribution is 0.402. The van der Waals surface area contributed by atoms with Crippen molar-refractivity contribution in [3.8, 4) is 11.6 Å². The van der Waals surface area contributed by atoms with Crippen molar-refractivity contribution >= 4 is 5.82 Å². The van der Waals surface area contributed by atoms with Gasteiger partial charge in [0.05, 0.1) is 5.56 Å². The van der Waals surface area contributed by atoms with Crippen LogP contribution in [0.25, 0.3) is 0 Å². The summed E-state index contributed by atoms with van der Waals surface area (Å²) in [4.78, 5) is 8.04. The highest BCUT2D eigenvalue weighted by Gasteiger charge is 2.13. The number of nitrogens with zero attached hydrogens (tertiary/aromatic N) is 2. The standard InChI is InChI=1S/C14H15F2N3O/c1-3-7-17-13-9(2)14(19-8-18-13)20-11-6-4-5-10(15)12(11)16/h4-6,8H,3,7H2,1-2H3,(H,17,18,19). The molecular weight excluding hydrogens is 264 g/mol. The number of halogens is 2. The number of hydrogen-bond acceptors (Lipinski definition) is 4. The zero-order chi connectivity index (χ0) is 14.5. The summed E-state index contributed by atoms with van der Waals surface area (Å²) in [5, 5.41) is 3.12. The van der Waals surface area contributed by atoms with Crippen molar-refractivity contribution < 1.29 is 13.5 Å². The minimum absolute atomic E-state index is 0.197. The van der Waals surface area contributed by atoms with Crippen molar-refractivity contribution in [1.29, 1.82) is 0 Å². The van der Waals surface area contributed by atoms with E-state index >= 15 is 0 Å². The average molecular weight is 279 g/mol. The highest BCUT2D eigenvalue weighted by Crippen LogP contribution is 2.28. The maximum absolute atomic E-state index is 13.6. The Kier molecular flexibility index (Phi) is 4.45. The van der Waals surface area contributed by atoms with Gasteiger partial charge in [0.25, 0.3) is 0 Å². The van der Waals surface area contributed by atoms with E-state index in [2.05, 4.69) is 15.3 Å². The van der Waals surface area contributed by atoms with E-state index in [-0.39, 0.29) is 11.6 Å². The fraction of sp³-hybridized carbons (Fsp3) is 0.286. The molecule has 0 bridgehead atoms. The van der Waals surface area contributed by atoms with Gasteiger partial charge in [0.1, 0.15) is 12.1 Å². The van der Waals surface area contributed by atoms with E-state index in [1.165, 1.54) is 18.5 Å². The van der Waals surface area contributed by atoms with Crippen LogP contribution in [0.2, 0.25) is 0 Å². The van der Waals surface area contributed by atoms with Crippen molar-refractivity contribution in [1.82, 2.24) is 9.97 Å². The molecule has 1 aromatic carbocycles. The van der Waals surface area contributed by atoms with E-state index in [1.807, 2.05) is 6.92 Å². The van der Waals surface area contributed by atoms with Gasteiger partial charge >= 0.3 is 0 Å². The second-order valence-electron chi connectivity index (χ2n) is 4.23. The van der Waals surface area contributed by atoms with Gasteiger partial charge in [0.2, 0.25) is 11.7 Å². The minimum Gasteiger partial charge on any atom is -0.435 e. The summed E-state index contributed by atoms with van der Waals surface area (Å²) < 4.78 is 32.0. The second kappa shape index (κ2) is 6.27. The van der Waals surface area contributed by atoms with Crippen molar-refractivity contribution in [2.45, 2.75) is 20.3 Å². The quantitative estimate of drug-likeness (QED) is 0.907. The molecule has 106 valence electrons. The number of rotatable bonds is 5. The predicted molar refractivity (Wildman–Crippen MR) is 72.0 cm³/mol. The fourth-order valence-corrected chi connectivity index (χ4v) is 1.63. The molecule has 0 radical (unpaired) electrons. The SMILES string of the molecule is CCCNc1ncnc(Oc2cccc(F)c2F)c1C. The first-order valence-corrected chi connectivity index (χ1v) is 6.30. The van der Waals surface area contributed by atoms with Crippen LogP contribution in [-0.2, 0) is 0 Å². The number of aromatic nitrogens is 2. The van der Waals surface area contributed by atoms with Crippen LogP contribution in [0.15, 0.2) is 24.5 Å². The third kappa shape index (κ3) is 3.01. The Morgan fingerprint density at radius 1 is 1.25 bits per heavy atom. The first-order chi connectivity index (χ1) is 9.63. The maximum atomic E-state index is 13.6. The molecule has 0 aliphatic carbocycles. The fourth-order valence-electron chi connectivity index (χ4n) is 1.63. The first kappa shape index (κ1) is 14.2. The molecule has 0 aliphatic rings. The van der Waals surface area contributed by atoms with Gasteiger partial charge in [-0.2, -0.15) is 4.39 Å². The van der Waals surface area contributed by atoms with Crippen molar-refractivity contribution in [2.24, 2.45) is 0 Å². The molecule has 0 fully saturated rings. The van der Waals surface area contributed by atoms with Gasteiger partial charge < -0.3 is 10.1 Å². The normalized spacial score (nSPS) is 10.4. The predicted octanol–water partition coefficient (Wildman–Crippen LogP) is 3.68. The average Bonchev–Trinajstić information content (AvgIpc) is 2.44. The van der Waals surface area contributed by atoms with Crippen LogP contribution >= 0.6 is 0 Å². The summed E-state index contributed by atoms with van der Waals surface area (Å²) in [7, 11) is 0. The van der Waals surface area contributed by atoms with Gasteiger partial charge in [0.15, 0.2) is 11.6 Å². The number of benzene rings is 1. The summed E-state index contributed by atoms with van der Waals surface area (Å²) in [6.45, 7) is 4.54. The molecule has 1 N–H and O–H groups in total. The van der Waals surface area contributed by atoms with Crippen molar-refractivity contribution in [3.05, 3.63) is 41.7 Å². The number of ether oxygens (including phenoxy) is 1. The minimum atomic E-state index is -1.03. The molecule has 20 heavy (non-hydrogen) atoms. The largest absolute Gasteiger partial charge is 0.435 e. The molecule has 6 heteroatoms. The van der Waals surface area contributed by atoms with Crippen LogP contribution in [0.1, 0.15) is 18.9 Å². The lowest BCUT2D eigenvalue weighted by atomic mass is 10.3. The van der Waals surface area contributed by atoms with E-state index in [4.69, 9.17) is 4.74 Å². The van der Waals surface area contributed by atoms with E-state index in [0.717, 1.165) is 19.0 Å².